The number of hydrogen-bond donors (Lipinski definition) is 0. The number of benzene rings is 1. The molecule has 1 aliphatic rings. The smallest absolute Gasteiger partial charge is 0.246 e. The van der Waals surface area contributed by atoms with Crippen LogP contribution in [0.4, 0.5) is 0 Å². The van der Waals surface area contributed by atoms with Gasteiger partial charge in [0.15, 0.2) is 0 Å². The van der Waals surface area contributed by atoms with E-state index in [-0.39, 0.29) is 16.6 Å². The number of carbonyl (C=O) groups excluding carboxylic acids is 1. The average molecular weight is 381 g/mol. The van der Waals surface area contributed by atoms with Crippen molar-refractivity contribution in [3.8, 4) is 5.75 Å². The summed E-state index contributed by atoms with van der Waals surface area (Å²) < 4.78 is 31.3. The first-order chi connectivity index (χ1) is 12.3. The molecule has 26 heavy (non-hydrogen) atoms. The van der Waals surface area contributed by atoms with Gasteiger partial charge < -0.3 is 9.64 Å². The molecule has 1 atom stereocenters. The first-order valence-electron chi connectivity index (χ1n) is 8.90. The minimum Gasteiger partial charge on any atom is -0.495 e. The molecule has 1 heterocycles. The lowest BCUT2D eigenvalue weighted by molar-refractivity contribution is -0.129. The lowest BCUT2D eigenvalue weighted by Gasteiger charge is -2.34. The van der Waals surface area contributed by atoms with Crippen LogP contribution < -0.4 is 4.74 Å². The van der Waals surface area contributed by atoms with E-state index >= 15 is 0 Å². The van der Waals surface area contributed by atoms with Crippen molar-refractivity contribution in [1.82, 2.24) is 9.21 Å². The summed E-state index contributed by atoms with van der Waals surface area (Å²) in [5.74, 6) is 0.258. The second-order valence-corrected chi connectivity index (χ2v) is 8.74. The number of piperidine rings is 1. The van der Waals surface area contributed by atoms with E-state index < -0.39 is 10.0 Å². The molecular weight excluding hydrogens is 352 g/mol. The van der Waals surface area contributed by atoms with Crippen LogP contribution in [0.2, 0.25) is 0 Å². The summed E-state index contributed by atoms with van der Waals surface area (Å²) in [6, 6.07) is 5.17. The maximum Gasteiger partial charge on any atom is 0.246 e. The Morgan fingerprint density at radius 2 is 2.08 bits per heavy atom. The Morgan fingerprint density at radius 3 is 2.69 bits per heavy atom. The number of likely N-dealkylation sites (tertiary alicyclic amines) is 1. The fraction of sp³-hybridized carbons (Fsp3) is 0.526. The molecule has 0 aliphatic carbocycles. The predicted molar refractivity (Wildman–Crippen MR) is 103 cm³/mol. The molecule has 1 amide bonds. The molecule has 0 radical (unpaired) electrons. The number of carbonyl (C=O) groups is 1. The fourth-order valence-electron chi connectivity index (χ4n) is 3.17. The molecule has 0 aromatic heterocycles. The molecule has 1 aromatic carbocycles. The fourth-order valence-corrected chi connectivity index (χ4v) is 4.26. The highest BCUT2D eigenvalue weighted by molar-refractivity contribution is 7.89. The van der Waals surface area contributed by atoms with Crippen LogP contribution in [-0.2, 0) is 14.8 Å². The number of methoxy groups -OCH3 is 1. The van der Waals surface area contributed by atoms with Gasteiger partial charge in [-0.3, -0.25) is 4.79 Å². The monoisotopic (exact) mass is 380 g/mol. The minimum absolute atomic E-state index is 0.0237. The quantitative estimate of drug-likeness (QED) is 0.712. The number of rotatable bonds is 6. The average Bonchev–Trinajstić information content (AvgIpc) is 2.65. The minimum atomic E-state index is -3.63. The van der Waals surface area contributed by atoms with Gasteiger partial charge in [-0.2, -0.15) is 0 Å². The number of hydrogen-bond acceptors (Lipinski definition) is 4. The van der Waals surface area contributed by atoms with Crippen LogP contribution in [0.15, 0.2) is 29.2 Å². The molecule has 0 bridgehead atoms. The van der Waals surface area contributed by atoms with Crippen molar-refractivity contribution in [2.24, 2.45) is 0 Å². The van der Waals surface area contributed by atoms with Crippen LogP contribution in [0, 0.1) is 0 Å². The number of sulfonamides is 1. The molecule has 1 aliphatic heterocycles. The Labute approximate surface area is 156 Å². The Hall–Kier alpha value is -1.86. The number of amides is 1. The molecule has 1 aromatic rings. The molecule has 0 saturated carbocycles. The van der Waals surface area contributed by atoms with Crippen molar-refractivity contribution in [1.29, 1.82) is 0 Å². The molecule has 144 valence electrons. The van der Waals surface area contributed by atoms with E-state index in [2.05, 4.69) is 6.92 Å². The van der Waals surface area contributed by atoms with Gasteiger partial charge in [0.25, 0.3) is 0 Å². The lowest BCUT2D eigenvalue weighted by atomic mass is 10.00. The second kappa shape index (κ2) is 8.68. The Morgan fingerprint density at radius 1 is 1.35 bits per heavy atom. The van der Waals surface area contributed by atoms with E-state index in [1.807, 2.05) is 4.90 Å². The maximum atomic E-state index is 12.5. The van der Waals surface area contributed by atoms with Gasteiger partial charge in [0.05, 0.1) is 7.11 Å². The second-order valence-electron chi connectivity index (χ2n) is 6.62. The van der Waals surface area contributed by atoms with Crippen LogP contribution >= 0.6 is 0 Å². The van der Waals surface area contributed by atoms with Crippen molar-refractivity contribution in [3.05, 3.63) is 29.8 Å². The third kappa shape index (κ3) is 4.45. The van der Waals surface area contributed by atoms with Crippen molar-refractivity contribution in [2.45, 2.75) is 43.5 Å². The van der Waals surface area contributed by atoms with Crippen LogP contribution in [0.5, 0.6) is 5.75 Å². The summed E-state index contributed by atoms with van der Waals surface area (Å²) >= 11 is 0. The van der Waals surface area contributed by atoms with Gasteiger partial charge in [-0.15, -0.1) is 0 Å². The van der Waals surface area contributed by atoms with Gasteiger partial charge in [0, 0.05) is 32.8 Å². The summed E-state index contributed by atoms with van der Waals surface area (Å²) in [7, 11) is 0.749. The zero-order valence-corrected chi connectivity index (χ0v) is 16.8. The van der Waals surface area contributed by atoms with Gasteiger partial charge >= 0.3 is 0 Å². The molecule has 0 spiro atoms. The normalized spacial score (nSPS) is 18.5. The van der Waals surface area contributed by atoms with Gasteiger partial charge in [0.1, 0.15) is 10.6 Å². The van der Waals surface area contributed by atoms with E-state index in [9.17, 15) is 13.2 Å². The van der Waals surface area contributed by atoms with Gasteiger partial charge in [-0.05, 0) is 49.5 Å². The Balaban J connectivity index is 2.26. The van der Waals surface area contributed by atoms with Crippen LogP contribution in [0.1, 0.15) is 38.2 Å². The topological polar surface area (TPSA) is 66.9 Å². The zero-order valence-electron chi connectivity index (χ0n) is 15.9. The summed E-state index contributed by atoms with van der Waals surface area (Å²) in [4.78, 5) is 14.5. The van der Waals surface area contributed by atoms with Crippen LogP contribution in [0.3, 0.4) is 0 Å². The highest BCUT2D eigenvalue weighted by Crippen LogP contribution is 2.27. The largest absolute Gasteiger partial charge is 0.495 e. The third-order valence-corrected chi connectivity index (χ3v) is 6.58. The van der Waals surface area contributed by atoms with E-state index in [1.54, 1.807) is 18.2 Å². The van der Waals surface area contributed by atoms with E-state index in [1.165, 1.54) is 33.3 Å². The zero-order chi connectivity index (χ0) is 19.3. The summed E-state index contributed by atoms with van der Waals surface area (Å²) in [5.41, 5.74) is 0.643. The van der Waals surface area contributed by atoms with E-state index in [0.717, 1.165) is 36.5 Å². The Bertz CT molecular complexity index is 772. The molecular formula is C19H28N2O4S. The van der Waals surface area contributed by atoms with E-state index in [4.69, 9.17) is 4.74 Å². The van der Waals surface area contributed by atoms with Crippen LogP contribution in [0.25, 0.3) is 6.08 Å². The molecule has 6 nitrogen and oxygen atoms in total. The predicted octanol–water partition coefficient (Wildman–Crippen LogP) is 2.75. The number of nitrogens with zero attached hydrogens (tertiary/aromatic N) is 2. The van der Waals surface area contributed by atoms with Gasteiger partial charge in [-0.1, -0.05) is 13.0 Å². The standard InChI is InChI=1S/C19H28N2O4S/c1-5-16-8-6-7-13-21(16)19(22)12-10-15-9-11-17(25-4)18(14-15)26(23,24)20(2)3/h9-12,14,16H,5-8,13H2,1-4H3/b12-10+. The molecule has 2 rings (SSSR count). The SMILES string of the molecule is CCC1CCCCN1C(=O)/C=C/c1ccc(OC)c(S(=O)(=O)N(C)C)c1. The van der Waals surface area contributed by atoms with E-state index in [0.29, 0.717) is 11.6 Å². The molecule has 1 unspecified atom stereocenters. The first-order valence-corrected chi connectivity index (χ1v) is 10.3. The molecule has 0 N–H and O–H groups in total. The molecule has 1 saturated heterocycles. The summed E-state index contributed by atoms with van der Waals surface area (Å²) in [5, 5.41) is 0. The third-order valence-electron chi connectivity index (χ3n) is 4.75. The summed E-state index contributed by atoms with van der Waals surface area (Å²) in [6.45, 7) is 2.88. The molecule has 7 heteroatoms. The van der Waals surface area contributed by atoms with Crippen molar-refractivity contribution >= 4 is 22.0 Å². The Kier molecular flexibility index (Phi) is 6.83. The highest BCUT2D eigenvalue weighted by atomic mass is 32.2. The van der Waals surface area contributed by atoms with Gasteiger partial charge in [0.2, 0.25) is 15.9 Å². The van der Waals surface area contributed by atoms with Gasteiger partial charge in [-0.25, -0.2) is 12.7 Å². The number of ether oxygens (including phenoxy) is 1. The molecule has 1 fully saturated rings. The first kappa shape index (κ1) is 20.5. The summed E-state index contributed by atoms with van der Waals surface area (Å²) in [6.07, 6.45) is 7.39. The van der Waals surface area contributed by atoms with Crippen LogP contribution in [-0.4, -0.2) is 57.3 Å². The van der Waals surface area contributed by atoms with Crippen molar-refractivity contribution < 1.29 is 17.9 Å². The maximum absolute atomic E-state index is 12.5. The van der Waals surface area contributed by atoms with Crippen molar-refractivity contribution in [3.63, 3.8) is 0 Å². The highest BCUT2D eigenvalue weighted by Gasteiger charge is 2.24. The van der Waals surface area contributed by atoms with Crippen molar-refractivity contribution in [2.75, 3.05) is 27.7 Å². The lowest BCUT2D eigenvalue weighted by Crippen LogP contribution is -2.42.